The van der Waals surface area contributed by atoms with Gasteiger partial charge in [-0.1, -0.05) is 0 Å². The van der Waals surface area contributed by atoms with E-state index in [-0.39, 0.29) is 23.7 Å². The first-order valence-corrected chi connectivity index (χ1v) is 4.97. The molecule has 0 aliphatic carbocycles. The molecule has 0 aliphatic heterocycles. The highest BCUT2D eigenvalue weighted by Crippen LogP contribution is 2.27. The van der Waals surface area contributed by atoms with Crippen LogP contribution in [0.15, 0.2) is 23.3 Å². The summed E-state index contributed by atoms with van der Waals surface area (Å²) in [6, 6.07) is 3.40. The number of aromatic hydroxyl groups is 1. The molecule has 0 radical (unpaired) electrons. The molecule has 18 heavy (non-hydrogen) atoms. The summed E-state index contributed by atoms with van der Waals surface area (Å²) < 4.78 is 4.57. The number of nitro groups is 1. The first-order valence-electron chi connectivity index (χ1n) is 4.97. The van der Waals surface area contributed by atoms with Gasteiger partial charge in [0.15, 0.2) is 0 Å². The molecular weight excluding hydrogens is 242 g/mol. The Kier molecular flexibility index (Phi) is 4.61. The van der Waals surface area contributed by atoms with Crippen molar-refractivity contribution in [3.63, 3.8) is 0 Å². The van der Waals surface area contributed by atoms with Crippen molar-refractivity contribution < 1.29 is 19.6 Å². The third kappa shape index (κ3) is 3.74. The molecule has 0 atom stereocenters. The van der Waals surface area contributed by atoms with Crippen LogP contribution in [0, 0.1) is 10.1 Å². The van der Waals surface area contributed by atoms with E-state index in [1.807, 2.05) is 0 Å². The van der Waals surface area contributed by atoms with Crippen LogP contribution in [0.2, 0.25) is 0 Å². The molecule has 1 aromatic rings. The van der Waals surface area contributed by atoms with Gasteiger partial charge in [-0.25, -0.2) is 4.79 Å². The van der Waals surface area contributed by atoms with E-state index in [4.69, 9.17) is 0 Å². The van der Waals surface area contributed by atoms with Crippen LogP contribution in [-0.2, 0) is 9.53 Å². The minimum absolute atomic E-state index is 0.0183. The fourth-order valence-electron chi connectivity index (χ4n) is 1.06. The van der Waals surface area contributed by atoms with Crippen molar-refractivity contribution in [3.8, 4) is 5.75 Å². The third-order valence-electron chi connectivity index (χ3n) is 1.83. The van der Waals surface area contributed by atoms with E-state index in [9.17, 15) is 20.0 Å². The van der Waals surface area contributed by atoms with Gasteiger partial charge in [0.1, 0.15) is 17.7 Å². The number of esters is 1. The van der Waals surface area contributed by atoms with Gasteiger partial charge < -0.3 is 9.84 Å². The van der Waals surface area contributed by atoms with Crippen LogP contribution in [0.5, 0.6) is 5.75 Å². The van der Waals surface area contributed by atoms with Crippen molar-refractivity contribution in [1.29, 1.82) is 0 Å². The predicted molar refractivity (Wildman–Crippen MR) is 63.5 cm³/mol. The van der Waals surface area contributed by atoms with Gasteiger partial charge in [-0.3, -0.25) is 15.5 Å². The van der Waals surface area contributed by atoms with Crippen molar-refractivity contribution in [2.24, 2.45) is 5.10 Å². The molecule has 0 spiro atoms. The van der Waals surface area contributed by atoms with Crippen LogP contribution >= 0.6 is 0 Å². The molecule has 0 unspecified atom stereocenters. The van der Waals surface area contributed by atoms with Gasteiger partial charge >= 0.3 is 5.97 Å². The van der Waals surface area contributed by atoms with Gasteiger partial charge in [-0.15, -0.1) is 0 Å². The number of rotatable bonds is 5. The van der Waals surface area contributed by atoms with E-state index < -0.39 is 10.9 Å². The second kappa shape index (κ2) is 6.18. The van der Waals surface area contributed by atoms with Crippen molar-refractivity contribution in [3.05, 3.63) is 28.3 Å². The Morgan fingerprint density at radius 2 is 2.39 bits per heavy atom. The molecule has 8 heteroatoms. The van der Waals surface area contributed by atoms with Gasteiger partial charge in [0.25, 0.3) is 5.69 Å². The Labute approximate surface area is 102 Å². The Bertz CT molecular complexity index is 486. The van der Waals surface area contributed by atoms with Crippen LogP contribution in [-0.4, -0.2) is 28.8 Å². The summed E-state index contributed by atoms with van der Waals surface area (Å²) >= 11 is 0. The van der Waals surface area contributed by atoms with Crippen LogP contribution in [0.3, 0.4) is 0 Å². The lowest BCUT2D eigenvalue weighted by molar-refractivity contribution is -0.384. The van der Waals surface area contributed by atoms with E-state index in [0.717, 1.165) is 24.4 Å². The number of phenols is 1. The minimum atomic E-state index is -0.657. The van der Waals surface area contributed by atoms with Crippen LogP contribution in [0.25, 0.3) is 0 Å². The highest BCUT2D eigenvalue weighted by Gasteiger charge is 2.09. The normalized spacial score (nSPS) is 10.3. The van der Waals surface area contributed by atoms with Gasteiger partial charge in [0.05, 0.1) is 11.5 Å². The summed E-state index contributed by atoms with van der Waals surface area (Å²) in [6.07, 6.45) is 0.863. The second-order valence-corrected chi connectivity index (χ2v) is 3.08. The summed E-state index contributed by atoms with van der Waals surface area (Å²) in [6.45, 7) is 1.86. The maximum absolute atomic E-state index is 10.9. The second-order valence-electron chi connectivity index (χ2n) is 3.08. The third-order valence-corrected chi connectivity index (χ3v) is 1.83. The average molecular weight is 253 g/mol. The van der Waals surface area contributed by atoms with E-state index >= 15 is 0 Å². The van der Waals surface area contributed by atoms with E-state index in [1.165, 1.54) is 0 Å². The summed E-state index contributed by atoms with van der Waals surface area (Å²) in [7, 11) is 0. The topological polar surface area (TPSA) is 114 Å². The molecule has 8 nitrogen and oxygen atoms in total. The lowest BCUT2D eigenvalue weighted by atomic mass is 10.2. The lowest BCUT2D eigenvalue weighted by Gasteiger charge is -2.02. The number of hydrazone groups is 1. The lowest BCUT2D eigenvalue weighted by Crippen LogP contribution is -2.06. The van der Waals surface area contributed by atoms with Crippen molar-refractivity contribution >= 4 is 23.6 Å². The van der Waals surface area contributed by atoms with Crippen molar-refractivity contribution in [2.75, 3.05) is 12.0 Å². The number of nitrogens with zero attached hydrogens (tertiary/aromatic N) is 2. The molecule has 0 aromatic heterocycles. The molecule has 0 heterocycles. The fraction of sp³-hybridized carbons (Fsp3) is 0.200. The number of ether oxygens (including phenoxy) is 1. The number of hydrogen-bond donors (Lipinski definition) is 2. The molecule has 0 fully saturated rings. The molecule has 0 bridgehead atoms. The zero-order valence-electron chi connectivity index (χ0n) is 9.49. The van der Waals surface area contributed by atoms with Crippen molar-refractivity contribution in [2.45, 2.75) is 6.92 Å². The zero-order valence-corrected chi connectivity index (χ0v) is 9.49. The molecular formula is C10H11N3O5. The number of nitro benzene ring substituents is 1. The van der Waals surface area contributed by atoms with E-state index in [0.29, 0.717) is 0 Å². The predicted octanol–water partition coefficient (Wildman–Crippen LogP) is 1.26. The number of phenolic OH excluding ortho intramolecular Hbond substituents is 1. The monoisotopic (exact) mass is 253 g/mol. The van der Waals surface area contributed by atoms with Gasteiger partial charge in [-0.2, -0.15) is 5.10 Å². The van der Waals surface area contributed by atoms with Crippen LogP contribution in [0.1, 0.15) is 6.92 Å². The highest BCUT2D eigenvalue weighted by molar-refractivity contribution is 6.23. The maximum Gasteiger partial charge on any atom is 0.351 e. The van der Waals surface area contributed by atoms with E-state index in [1.54, 1.807) is 6.92 Å². The summed E-state index contributed by atoms with van der Waals surface area (Å²) in [4.78, 5) is 20.8. The number of anilines is 1. The molecule has 1 aromatic carbocycles. The highest BCUT2D eigenvalue weighted by atomic mass is 16.6. The molecule has 0 amide bonds. The summed E-state index contributed by atoms with van der Waals surface area (Å²) in [5.41, 5.74) is 2.12. The van der Waals surface area contributed by atoms with Gasteiger partial charge in [0.2, 0.25) is 0 Å². The van der Waals surface area contributed by atoms with E-state index in [2.05, 4.69) is 15.3 Å². The smallest absolute Gasteiger partial charge is 0.351 e. The standard InChI is InChI=1S/C10H11N3O5/c1-2-18-10(15)6-11-12-8-5-7(13(16)17)3-4-9(8)14/h3-6,12,14H,2H2,1H3. The van der Waals surface area contributed by atoms with Crippen LogP contribution < -0.4 is 5.43 Å². The molecule has 2 N–H and O–H groups in total. The molecule has 0 aliphatic rings. The quantitative estimate of drug-likeness (QED) is 0.268. The van der Waals surface area contributed by atoms with Gasteiger partial charge in [-0.05, 0) is 13.0 Å². The average Bonchev–Trinajstić information content (AvgIpc) is 2.31. The number of nitrogens with one attached hydrogen (secondary N) is 1. The Balaban J connectivity index is 2.75. The Morgan fingerprint density at radius 1 is 1.67 bits per heavy atom. The SMILES string of the molecule is CCOC(=O)C=NNc1cc([N+](=O)[O-])ccc1O. The number of non-ortho nitro benzene ring substituents is 1. The molecule has 0 saturated carbocycles. The van der Waals surface area contributed by atoms with Crippen LogP contribution in [0.4, 0.5) is 11.4 Å². The molecule has 96 valence electrons. The largest absolute Gasteiger partial charge is 0.506 e. The molecule has 0 saturated heterocycles. The molecule has 1 rings (SSSR count). The summed E-state index contributed by atoms with van der Waals surface area (Å²) in [5.74, 6) is -0.878. The zero-order chi connectivity index (χ0) is 13.5. The van der Waals surface area contributed by atoms with Crippen molar-refractivity contribution in [1.82, 2.24) is 0 Å². The number of carbonyl (C=O) groups is 1. The maximum atomic E-state index is 10.9. The Hall–Kier alpha value is -2.64. The number of benzene rings is 1. The number of carbonyl (C=O) groups excluding carboxylic acids is 1. The first-order chi connectivity index (χ1) is 8.54. The summed E-state index contributed by atoms with van der Waals surface area (Å²) in [5, 5.41) is 23.4. The fourth-order valence-corrected chi connectivity index (χ4v) is 1.06. The van der Waals surface area contributed by atoms with Gasteiger partial charge in [0, 0.05) is 12.1 Å². The number of hydrogen-bond acceptors (Lipinski definition) is 7. The Morgan fingerprint density at radius 3 is 3.00 bits per heavy atom. The minimum Gasteiger partial charge on any atom is -0.506 e. The first kappa shape index (κ1) is 13.4.